The van der Waals surface area contributed by atoms with Crippen molar-refractivity contribution in [1.82, 2.24) is 5.32 Å². The second-order valence-electron chi connectivity index (χ2n) is 4.33. The molecule has 88 valence electrons. The maximum Gasteiger partial charge on any atom is 0.0454 e. The summed E-state index contributed by atoms with van der Waals surface area (Å²) in [4.78, 5) is 1.49. The fraction of sp³-hybridized carbons (Fsp3) is 0.538. The second kappa shape index (κ2) is 5.30. The van der Waals surface area contributed by atoms with Crippen molar-refractivity contribution in [3.63, 3.8) is 0 Å². The molecule has 0 aliphatic heterocycles. The van der Waals surface area contributed by atoms with Gasteiger partial charge >= 0.3 is 0 Å². The van der Waals surface area contributed by atoms with Crippen LogP contribution in [0.25, 0.3) is 9.40 Å². The fourth-order valence-corrected chi connectivity index (χ4v) is 4.63. The molecule has 0 radical (unpaired) electrons. The zero-order valence-corrected chi connectivity index (χ0v) is 11.8. The van der Waals surface area contributed by atoms with Crippen LogP contribution in [0, 0.1) is 5.92 Å². The topological polar surface area (TPSA) is 12.0 Å². The average Bonchev–Trinajstić information content (AvgIpc) is 2.79. The average molecular weight is 253 g/mol. The highest BCUT2D eigenvalue weighted by Gasteiger charge is 2.19. The van der Waals surface area contributed by atoms with E-state index >= 15 is 0 Å². The minimum atomic E-state index is 0.518. The van der Waals surface area contributed by atoms with E-state index in [1.54, 1.807) is 0 Å². The van der Waals surface area contributed by atoms with E-state index in [0.717, 1.165) is 0 Å². The van der Waals surface area contributed by atoms with E-state index in [4.69, 9.17) is 0 Å². The fourth-order valence-electron chi connectivity index (χ4n) is 2.27. The molecule has 0 fully saturated rings. The quantitative estimate of drug-likeness (QED) is 0.817. The number of hydrogen-bond acceptors (Lipinski definition) is 3. The SMILES string of the molecule is CCCC(C)C(NC)c1cc2sccc2s1. The molecule has 2 unspecified atom stereocenters. The van der Waals surface area contributed by atoms with E-state index in [0.29, 0.717) is 12.0 Å². The van der Waals surface area contributed by atoms with Crippen LogP contribution in [-0.4, -0.2) is 7.05 Å². The van der Waals surface area contributed by atoms with Gasteiger partial charge in [0.15, 0.2) is 0 Å². The molecule has 0 saturated carbocycles. The number of rotatable bonds is 5. The summed E-state index contributed by atoms with van der Waals surface area (Å²) in [5.41, 5.74) is 0. The van der Waals surface area contributed by atoms with Crippen LogP contribution < -0.4 is 5.32 Å². The molecule has 0 aliphatic carbocycles. The lowest BCUT2D eigenvalue weighted by Gasteiger charge is -2.21. The largest absolute Gasteiger partial charge is 0.312 e. The summed E-state index contributed by atoms with van der Waals surface area (Å²) in [6.07, 6.45) is 2.55. The van der Waals surface area contributed by atoms with Gasteiger partial charge in [-0.3, -0.25) is 0 Å². The molecule has 1 N–H and O–H groups in total. The van der Waals surface area contributed by atoms with Gasteiger partial charge in [-0.25, -0.2) is 0 Å². The first-order chi connectivity index (χ1) is 7.76. The molecule has 0 saturated heterocycles. The Kier molecular flexibility index (Phi) is 4.00. The van der Waals surface area contributed by atoms with Crippen molar-refractivity contribution >= 4 is 32.1 Å². The maximum atomic E-state index is 3.47. The van der Waals surface area contributed by atoms with Gasteiger partial charge in [0, 0.05) is 20.3 Å². The molecular formula is C13H19NS2. The molecule has 2 aromatic rings. The summed E-state index contributed by atoms with van der Waals surface area (Å²) in [5.74, 6) is 0.711. The van der Waals surface area contributed by atoms with Gasteiger partial charge in [-0.1, -0.05) is 20.3 Å². The summed E-state index contributed by atoms with van der Waals surface area (Å²) < 4.78 is 2.87. The molecule has 0 amide bonds. The smallest absolute Gasteiger partial charge is 0.0454 e. The minimum Gasteiger partial charge on any atom is -0.312 e. The highest BCUT2D eigenvalue weighted by molar-refractivity contribution is 7.26. The third-order valence-corrected chi connectivity index (χ3v) is 5.27. The molecule has 0 aliphatic rings. The van der Waals surface area contributed by atoms with Gasteiger partial charge in [-0.15, -0.1) is 22.7 Å². The van der Waals surface area contributed by atoms with Crippen molar-refractivity contribution in [2.24, 2.45) is 5.92 Å². The Bertz CT molecular complexity index is 415. The third kappa shape index (κ3) is 2.31. The van der Waals surface area contributed by atoms with Crippen molar-refractivity contribution < 1.29 is 0 Å². The minimum absolute atomic E-state index is 0.518. The van der Waals surface area contributed by atoms with Gasteiger partial charge in [0.1, 0.15) is 0 Å². The first-order valence-electron chi connectivity index (χ1n) is 5.90. The van der Waals surface area contributed by atoms with Gasteiger partial charge < -0.3 is 5.32 Å². The summed E-state index contributed by atoms with van der Waals surface area (Å²) in [5, 5.41) is 5.64. The lowest BCUT2D eigenvalue weighted by Crippen LogP contribution is -2.22. The van der Waals surface area contributed by atoms with Crippen LogP contribution in [0.3, 0.4) is 0 Å². The molecule has 0 aromatic carbocycles. The molecule has 2 aromatic heterocycles. The monoisotopic (exact) mass is 253 g/mol. The van der Waals surface area contributed by atoms with Crippen LogP contribution in [0.1, 0.15) is 37.6 Å². The third-order valence-electron chi connectivity index (χ3n) is 3.09. The predicted octanol–water partition coefficient (Wildman–Crippen LogP) is 4.66. The Morgan fingerprint density at radius 3 is 2.81 bits per heavy atom. The first kappa shape index (κ1) is 12.1. The highest BCUT2D eigenvalue weighted by Crippen LogP contribution is 2.36. The molecule has 2 heterocycles. The van der Waals surface area contributed by atoms with Crippen molar-refractivity contribution in [3.8, 4) is 0 Å². The van der Waals surface area contributed by atoms with E-state index in [-0.39, 0.29) is 0 Å². The van der Waals surface area contributed by atoms with Crippen molar-refractivity contribution in [2.45, 2.75) is 32.7 Å². The molecule has 2 rings (SSSR count). The summed E-state index contributed by atoms with van der Waals surface area (Å²) in [6.45, 7) is 4.61. The van der Waals surface area contributed by atoms with Gasteiger partial charge in [-0.2, -0.15) is 0 Å². The molecular weight excluding hydrogens is 234 g/mol. The van der Waals surface area contributed by atoms with Crippen LogP contribution in [0.4, 0.5) is 0 Å². The standard InChI is InChI=1S/C13H19NS2/c1-4-5-9(2)13(14-3)12-8-11-10(16-12)6-7-15-11/h6-9,13-14H,4-5H2,1-3H3. The lowest BCUT2D eigenvalue weighted by atomic mass is 9.96. The number of hydrogen-bond donors (Lipinski definition) is 1. The number of nitrogens with one attached hydrogen (secondary N) is 1. The van der Waals surface area contributed by atoms with Gasteiger partial charge in [0.25, 0.3) is 0 Å². The van der Waals surface area contributed by atoms with Crippen molar-refractivity contribution in [1.29, 1.82) is 0 Å². The van der Waals surface area contributed by atoms with E-state index in [2.05, 4.69) is 43.7 Å². The van der Waals surface area contributed by atoms with Crippen LogP contribution in [0.2, 0.25) is 0 Å². The van der Waals surface area contributed by atoms with Gasteiger partial charge in [-0.05, 0) is 36.9 Å². The normalized spacial score (nSPS) is 15.4. The zero-order valence-electron chi connectivity index (χ0n) is 10.1. The Hall–Kier alpha value is -0.380. The van der Waals surface area contributed by atoms with E-state index in [1.807, 2.05) is 22.7 Å². The van der Waals surface area contributed by atoms with E-state index in [1.165, 1.54) is 27.1 Å². The Balaban J connectivity index is 2.23. The van der Waals surface area contributed by atoms with Crippen LogP contribution in [0.15, 0.2) is 17.5 Å². The van der Waals surface area contributed by atoms with Crippen LogP contribution in [-0.2, 0) is 0 Å². The van der Waals surface area contributed by atoms with E-state index < -0.39 is 0 Å². The molecule has 3 heteroatoms. The molecule has 1 nitrogen and oxygen atoms in total. The number of fused-ring (bicyclic) bond motifs is 1. The Labute approximate surface area is 105 Å². The van der Waals surface area contributed by atoms with Crippen molar-refractivity contribution in [2.75, 3.05) is 7.05 Å². The first-order valence-corrected chi connectivity index (χ1v) is 7.60. The summed E-state index contributed by atoms with van der Waals surface area (Å²) in [7, 11) is 2.07. The Morgan fingerprint density at radius 1 is 1.38 bits per heavy atom. The summed E-state index contributed by atoms with van der Waals surface area (Å²) >= 11 is 3.78. The van der Waals surface area contributed by atoms with Gasteiger partial charge in [0.05, 0.1) is 0 Å². The maximum absolute atomic E-state index is 3.47. The molecule has 0 spiro atoms. The number of thiophene rings is 2. The van der Waals surface area contributed by atoms with E-state index in [9.17, 15) is 0 Å². The highest BCUT2D eigenvalue weighted by atomic mass is 32.1. The Morgan fingerprint density at radius 2 is 2.19 bits per heavy atom. The predicted molar refractivity (Wildman–Crippen MR) is 75.6 cm³/mol. The van der Waals surface area contributed by atoms with Gasteiger partial charge in [0.2, 0.25) is 0 Å². The summed E-state index contributed by atoms with van der Waals surface area (Å²) in [6, 6.07) is 5.10. The molecule has 16 heavy (non-hydrogen) atoms. The van der Waals surface area contributed by atoms with Crippen LogP contribution >= 0.6 is 22.7 Å². The van der Waals surface area contributed by atoms with Crippen LogP contribution in [0.5, 0.6) is 0 Å². The zero-order chi connectivity index (χ0) is 11.5. The second-order valence-corrected chi connectivity index (χ2v) is 6.39. The van der Waals surface area contributed by atoms with Crippen molar-refractivity contribution in [3.05, 3.63) is 22.4 Å². The molecule has 0 bridgehead atoms. The lowest BCUT2D eigenvalue weighted by molar-refractivity contribution is 0.389. The molecule has 2 atom stereocenters.